The summed E-state index contributed by atoms with van der Waals surface area (Å²) in [6.45, 7) is 0. The minimum Gasteiger partial charge on any atom is -0.391 e. The Morgan fingerprint density at radius 1 is 0.500 bits per heavy atom. The normalized spacial score (nSPS) is 25.7. The topological polar surface area (TPSA) is 55.7 Å². The molecule has 0 radical (unpaired) electrons. The Bertz CT molecular complexity index is 1810. The Hall–Kier alpha value is -3.97. The van der Waals surface area contributed by atoms with Crippen LogP contribution in [0.5, 0.6) is 0 Å². The highest BCUT2D eigenvalue weighted by Crippen LogP contribution is 2.73. The van der Waals surface area contributed by atoms with Gasteiger partial charge in [0.05, 0.1) is 5.71 Å². The summed E-state index contributed by atoms with van der Waals surface area (Å²) < 4.78 is 32.6. The molecule has 0 N–H and O–H groups in total. The molecular weight excluding hydrogens is 580 g/mol. The molecule has 5 aromatic carbocycles. The van der Waals surface area contributed by atoms with Gasteiger partial charge in [-0.1, -0.05) is 157 Å². The Balaban J connectivity index is 1.39. The third-order valence-corrected chi connectivity index (χ3v) is 17.6. The van der Waals surface area contributed by atoms with Crippen LogP contribution >= 0.6 is 14.3 Å². The Labute approximate surface area is 258 Å². The quantitative estimate of drug-likeness (QED) is 0.189. The van der Waals surface area contributed by atoms with Crippen LogP contribution in [-0.4, -0.2) is 23.1 Å². The fourth-order valence-corrected chi connectivity index (χ4v) is 16.9. The standard InChI is InChI=1S/C38H33NO3P2/c40-43(28-18-8-2-9-19-28,29-20-10-3-11-21-29)37-32-26-33(36-34(32)35(39-42-36)27-16-6-1-7-17-27)38(37)44(41,30-22-12-4-13-23-30)31-24-14-5-15-25-31/h1-25,32-34,36-38H,26H2/t32-,33-,34+,36+,37+,38-/m0/s1. The van der Waals surface area contributed by atoms with Gasteiger partial charge in [0.15, 0.2) is 0 Å². The molecule has 5 aromatic rings. The molecule has 218 valence electrons. The Kier molecular flexibility index (Phi) is 6.82. The van der Waals surface area contributed by atoms with E-state index in [1.807, 2.05) is 140 Å². The monoisotopic (exact) mass is 613 g/mol. The molecule has 0 amide bonds. The van der Waals surface area contributed by atoms with Crippen molar-refractivity contribution in [3.8, 4) is 0 Å². The molecule has 1 heterocycles. The highest BCUT2D eigenvalue weighted by Gasteiger charge is 2.70. The predicted octanol–water partition coefficient (Wildman–Crippen LogP) is 6.82. The van der Waals surface area contributed by atoms with Gasteiger partial charge in [0.2, 0.25) is 0 Å². The van der Waals surface area contributed by atoms with Gasteiger partial charge < -0.3 is 14.0 Å². The molecule has 6 atom stereocenters. The van der Waals surface area contributed by atoms with Gasteiger partial charge in [-0.2, -0.15) is 0 Å². The second kappa shape index (κ2) is 10.9. The summed E-state index contributed by atoms with van der Waals surface area (Å²) in [5.74, 6) is -0.125. The zero-order valence-electron chi connectivity index (χ0n) is 24.2. The van der Waals surface area contributed by atoms with Gasteiger partial charge in [-0.05, 0) is 17.9 Å². The van der Waals surface area contributed by atoms with Gasteiger partial charge >= 0.3 is 0 Å². The largest absolute Gasteiger partial charge is 0.391 e. The predicted molar refractivity (Wildman–Crippen MR) is 180 cm³/mol. The number of hydrogen-bond acceptors (Lipinski definition) is 4. The molecule has 2 saturated carbocycles. The summed E-state index contributed by atoms with van der Waals surface area (Å²) in [5, 5.41) is 7.93. The van der Waals surface area contributed by atoms with E-state index in [1.54, 1.807) is 0 Å². The van der Waals surface area contributed by atoms with Gasteiger partial charge in [-0.3, -0.25) is 0 Å². The van der Waals surface area contributed by atoms with Crippen LogP contribution in [0.3, 0.4) is 0 Å². The van der Waals surface area contributed by atoms with Crippen molar-refractivity contribution in [3.63, 3.8) is 0 Å². The number of fused-ring (bicyclic) bond motifs is 5. The fraction of sp³-hybridized carbons (Fsp3) is 0.184. The SMILES string of the molecule is O=P(c1ccccc1)(c1ccccc1)[C@@H]1[C@H]2C[C@@H]([C@H]3ON=C(c4ccccc4)[C@@H]23)[C@@H]1P(=O)(c1ccccc1)c1ccccc1. The van der Waals surface area contributed by atoms with Crippen molar-refractivity contribution in [3.05, 3.63) is 157 Å². The van der Waals surface area contributed by atoms with Crippen molar-refractivity contribution in [2.24, 2.45) is 22.9 Å². The first-order chi connectivity index (χ1) is 21.6. The van der Waals surface area contributed by atoms with E-state index in [-0.39, 0.29) is 29.5 Å². The van der Waals surface area contributed by atoms with E-state index in [0.717, 1.165) is 38.9 Å². The zero-order chi connectivity index (χ0) is 29.7. The lowest BCUT2D eigenvalue weighted by atomic mass is 9.80. The molecule has 0 spiro atoms. The Morgan fingerprint density at radius 3 is 1.27 bits per heavy atom. The van der Waals surface area contributed by atoms with E-state index in [4.69, 9.17) is 9.99 Å². The summed E-state index contributed by atoms with van der Waals surface area (Å²) >= 11 is 0. The number of rotatable bonds is 7. The smallest absolute Gasteiger partial charge is 0.147 e. The highest BCUT2D eigenvalue weighted by molar-refractivity contribution is 7.83. The van der Waals surface area contributed by atoms with E-state index in [1.165, 1.54) is 0 Å². The minimum atomic E-state index is -3.36. The Morgan fingerprint density at radius 2 is 0.864 bits per heavy atom. The van der Waals surface area contributed by atoms with Crippen LogP contribution in [0.4, 0.5) is 0 Å². The third kappa shape index (κ3) is 4.08. The molecule has 2 bridgehead atoms. The first kappa shape index (κ1) is 27.6. The van der Waals surface area contributed by atoms with E-state index in [9.17, 15) is 0 Å². The molecular formula is C38H33NO3P2. The maximum Gasteiger partial charge on any atom is 0.147 e. The van der Waals surface area contributed by atoms with Crippen molar-refractivity contribution in [1.82, 2.24) is 0 Å². The lowest BCUT2D eigenvalue weighted by molar-refractivity contribution is 0.0293. The number of oxime groups is 1. The van der Waals surface area contributed by atoms with Crippen LogP contribution in [0, 0.1) is 17.8 Å². The highest BCUT2D eigenvalue weighted by atomic mass is 31.2. The molecule has 0 unspecified atom stereocenters. The fourth-order valence-electron chi connectivity index (χ4n) is 8.39. The van der Waals surface area contributed by atoms with Crippen molar-refractivity contribution in [1.29, 1.82) is 0 Å². The van der Waals surface area contributed by atoms with Crippen LogP contribution in [0.2, 0.25) is 0 Å². The van der Waals surface area contributed by atoms with Crippen LogP contribution in [0.25, 0.3) is 0 Å². The second-order valence-corrected chi connectivity index (χ2v) is 18.0. The molecule has 0 saturated heterocycles. The number of nitrogens with zero attached hydrogens (tertiary/aromatic N) is 1. The van der Waals surface area contributed by atoms with Crippen molar-refractivity contribution in [2.75, 3.05) is 0 Å². The van der Waals surface area contributed by atoms with Crippen molar-refractivity contribution < 1.29 is 14.0 Å². The van der Waals surface area contributed by atoms with Crippen molar-refractivity contribution >= 4 is 41.2 Å². The van der Waals surface area contributed by atoms with Crippen LogP contribution in [0.1, 0.15) is 12.0 Å². The first-order valence-corrected chi connectivity index (χ1v) is 18.9. The van der Waals surface area contributed by atoms with Gasteiger partial charge in [0.25, 0.3) is 0 Å². The molecule has 2 fully saturated rings. The summed E-state index contributed by atoms with van der Waals surface area (Å²) in [6, 6.07) is 49.8. The maximum absolute atomic E-state index is 16.4. The zero-order valence-corrected chi connectivity index (χ0v) is 26.0. The molecule has 0 aromatic heterocycles. The molecule has 44 heavy (non-hydrogen) atoms. The minimum absolute atomic E-state index is 0.0237. The first-order valence-electron chi connectivity index (χ1n) is 15.3. The van der Waals surface area contributed by atoms with Gasteiger partial charge in [-0.25, -0.2) is 0 Å². The summed E-state index contributed by atoms with van der Waals surface area (Å²) in [4.78, 5) is 6.32. The van der Waals surface area contributed by atoms with E-state index < -0.39 is 19.9 Å². The van der Waals surface area contributed by atoms with Crippen LogP contribution in [-0.2, 0) is 14.0 Å². The lowest BCUT2D eigenvalue weighted by Crippen LogP contribution is -2.50. The average Bonchev–Trinajstić information content (AvgIpc) is 3.82. The van der Waals surface area contributed by atoms with Crippen LogP contribution in [0.15, 0.2) is 157 Å². The summed E-state index contributed by atoms with van der Waals surface area (Å²) in [7, 11) is -6.71. The van der Waals surface area contributed by atoms with E-state index >= 15 is 9.13 Å². The molecule has 4 nitrogen and oxygen atoms in total. The molecule has 6 heteroatoms. The van der Waals surface area contributed by atoms with Gasteiger partial charge in [0, 0.05) is 44.4 Å². The average molecular weight is 614 g/mol. The number of benzene rings is 5. The van der Waals surface area contributed by atoms with E-state index in [0.29, 0.717) is 0 Å². The van der Waals surface area contributed by atoms with Gasteiger partial charge in [-0.15, -0.1) is 0 Å². The molecule has 8 rings (SSSR count). The lowest BCUT2D eigenvalue weighted by Gasteiger charge is -2.44. The van der Waals surface area contributed by atoms with Crippen LogP contribution < -0.4 is 21.2 Å². The maximum atomic E-state index is 16.4. The van der Waals surface area contributed by atoms with Gasteiger partial charge in [0.1, 0.15) is 20.4 Å². The summed E-state index contributed by atoms with van der Waals surface area (Å²) in [6.07, 6.45) is 0.585. The van der Waals surface area contributed by atoms with Crippen molar-refractivity contribution in [2.45, 2.75) is 23.8 Å². The molecule has 1 aliphatic heterocycles. The molecule has 3 aliphatic rings. The third-order valence-electron chi connectivity index (χ3n) is 10.1. The number of hydrogen-bond donors (Lipinski definition) is 0. The second-order valence-electron chi connectivity index (χ2n) is 12.1. The molecule has 2 aliphatic carbocycles. The summed E-state index contributed by atoms with van der Waals surface area (Å²) in [5.41, 5.74) is 1.19. The van der Waals surface area contributed by atoms with E-state index in [2.05, 4.69) is 12.1 Å².